The smallest absolute Gasteiger partial charge is 0.265 e. The first-order valence-electron chi connectivity index (χ1n) is 5.38. The molecule has 1 aromatic rings. The normalized spacial score (nSPS) is 13.1. The molecular formula is C12H17F2NO2. The number of aliphatic hydroxyl groups excluding tert-OH is 1. The third kappa shape index (κ3) is 3.94. The van der Waals surface area contributed by atoms with Gasteiger partial charge in [0.05, 0.1) is 0 Å². The number of aryl methyl sites for hydroxylation is 2. The van der Waals surface area contributed by atoms with Crippen molar-refractivity contribution in [1.29, 1.82) is 0 Å². The Morgan fingerprint density at radius 2 is 1.76 bits per heavy atom. The molecule has 0 saturated carbocycles. The van der Waals surface area contributed by atoms with Gasteiger partial charge in [-0.1, -0.05) is 12.1 Å². The maximum atomic E-state index is 12.0. The predicted molar refractivity (Wildman–Crippen MR) is 61.3 cm³/mol. The van der Waals surface area contributed by atoms with Gasteiger partial charge in [-0.15, -0.1) is 0 Å². The van der Waals surface area contributed by atoms with Gasteiger partial charge in [0, 0.05) is 13.1 Å². The van der Waals surface area contributed by atoms with E-state index in [-0.39, 0.29) is 12.3 Å². The van der Waals surface area contributed by atoms with Crippen LogP contribution in [-0.4, -0.2) is 29.3 Å². The molecule has 17 heavy (non-hydrogen) atoms. The Hall–Kier alpha value is -1.20. The number of hydrogen-bond acceptors (Lipinski definition) is 3. The molecule has 0 aromatic heterocycles. The number of aromatic hydroxyl groups is 1. The Morgan fingerprint density at radius 3 is 2.24 bits per heavy atom. The standard InChI is InChI=1S/C12H17F2NO2/c1-7-3-9(4-8(2)11(7)17)5-15-6-10(16)12(13)14/h3-4,10,12,15-17H,5-6H2,1-2H3. The molecule has 0 saturated heterocycles. The molecule has 3 N–H and O–H groups in total. The lowest BCUT2D eigenvalue weighted by atomic mass is 10.1. The van der Waals surface area contributed by atoms with Crippen LogP contribution in [0.2, 0.25) is 0 Å². The quantitative estimate of drug-likeness (QED) is 0.740. The van der Waals surface area contributed by atoms with Crippen molar-refractivity contribution in [2.45, 2.75) is 32.9 Å². The van der Waals surface area contributed by atoms with Crippen LogP contribution < -0.4 is 5.32 Å². The highest BCUT2D eigenvalue weighted by molar-refractivity contribution is 5.42. The highest BCUT2D eigenvalue weighted by atomic mass is 19.3. The first-order chi connectivity index (χ1) is 7.91. The number of halogens is 2. The van der Waals surface area contributed by atoms with Gasteiger partial charge in [-0.3, -0.25) is 0 Å². The molecule has 1 rings (SSSR count). The summed E-state index contributed by atoms with van der Waals surface area (Å²) in [5.74, 6) is 0.251. The van der Waals surface area contributed by atoms with E-state index in [2.05, 4.69) is 5.32 Å². The molecule has 0 heterocycles. The molecule has 1 aromatic carbocycles. The van der Waals surface area contributed by atoms with E-state index < -0.39 is 12.5 Å². The zero-order chi connectivity index (χ0) is 13.0. The van der Waals surface area contributed by atoms with Gasteiger partial charge in [0.15, 0.2) is 0 Å². The van der Waals surface area contributed by atoms with E-state index in [1.54, 1.807) is 26.0 Å². The molecule has 0 bridgehead atoms. The lowest BCUT2D eigenvalue weighted by Gasteiger charge is -2.12. The lowest BCUT2D eigenvalue weighted by molar-refractivity contribution is -0.00340. The van der Waals surface area contributed by atoms with Crippen LogP contribution >= 0.6 is 0 Å². The number of aliphatic hydroxyl groups is 1. The van der Waals surface area contributed by atoms with Crippen molar-refractivity contribution in [2.75, 3.05) is 6.54 Å². The molecule has 0 amide bonds. The topological polar surface area (TPSA) is 52.5 Å². The van der Waals surface area contributed by atoms with Crippen LogP contribution in [0.1, 0.15) is 16.7 Å². The zero-order valence-electron chi connectivity index (χ0n) is 9.87. The third-order valence-corrected chi connectivity index (χ3v) is 2.52. The summed E-state index contributed by atoms with van der Waals surface area (Å²) in [6, 6.07) is 3.56. The van der Waals surface area contributed by atoms with Crippen molar-refractivity contribution in [3.8, 4) is 5.75 Å². The molecule has 0 spiro atoms. The van der Waals surface area contributed by atoms with E-state index in [0.29, 0.717) is 6.54 Å². The van der Waals surface area contributed by atoms with Crippen molar-refractivity contribution in [1.82, 2.24) is 5.32 Å². The summed E-state index contributed by atoms with van der Waals surface area (Å²) in [6.07, 6.45) is -4.37. The number of phenols is 1. The largest absolute Gasteiger partial charge is 0.507 e. The summed E-state index contributed by atoms with van der Waals surface area (Å²) in [5, 5.41) is 21.2. The molecule has 0 aliphatic carbocycles. The monoisotopic (exact) mass is 245 g/mol. The minimum absolute atomic E-state index is 0.156. The second-order valence-electron chi connectivity index (χ2n) is 4.11. The van der Waals surface area contributed by atoms with Gasteiger partial charge in [-0.25, -0.2) is 8.78 Å². The van der Waals surface area contributed by atoms with E-state index in [1.165, 1.54) is 0 Å². The SMILES string of the molecule is Cc1cc(CNCC(O)C(F)F)cc(C)c1O. The summed E-state index contributed by atoms with van der Waals surface area (Å²) >= 11 is 0. The highest BCUT2D eigenvalue weighted by Gasteiger charge is 2.15. The third-order valence-electron chi connectivity index (χ3n) is 2.52. The van der Waals surface area contributed by atoms with Crippen molar-refractivity contribution in [3.05, 3.63) is 28.8 Å². The number of rotatable bonds is 5. The fourth-order valence-corrected chi connectivity index (χ4v) is 1.60. The Labute approximate surface area is 99.1 Å². The summed E-state index contributed by atoms with van der Waals surface area (Å²) in [4.78, 5) is 0. The van der Waals surface area contributed by atoms with Crippen LogP contribution in [-0.2, 0) is 6.54 Å². The van der Waals surface area contributed by atoms with Gasteiger partial charge < -0.3 is 15.5 Å². The molecule has 0 aliphatic heterocycles. The number of alkyl halides is 2. The summed E-state index contributed by atoms with van der Waals surface area (Å²) < 4.78 is 24.0. The maximum Gasteiger partial charge on any atom is 0.265 e. The highest BCUT2D eigenvalue weighted by Crippen LogP contribution is 2.22. The van der Waals surface area contributed by atoms with Crippen LogP contribution in [0, 0.1) is 13.8 Å². The van der Waals surface area contributed by atoms with Gasteiger partial charge in [0.2, 0.25) is 0 Å². The average molecular weight is 245 g/mol. The van der Waals surface area contributed by atoms with E-state index in [0.717, 1.165) is 16.7 Å². The Balaban J connectivity index is 2.53. The molecular weight excluding hydrogens is 228 g/mol. The van der Waals surface area contributed by atoms with E-state index in [9.17, 15) is 13.9 Å². The molecule has 96 valence electrons. The first-order valence-corrected chi connectivity index (χ1v) is 5.38. The van der Waals surface area contributed by atoms with Gasteiger partial charge >= 0.3 is 0 Å². The van der Waals surface area contributed by atoms with Crippen LogP contribution in [0.25, 0.3) is 0 Å². The van der Waals surface area contributed by atoms with Crippen molar-refractivity contribution in [2.24, 2.45) is 0 Å². The van der Waals surface area contributed by atoms with E-state index >= 15 is 0 Å². The average Bonchev–Trinajstić information content (AvgIpc) is 2.25. The van der Waals surface area contributed by atoms with Crippen LogP contribution in [0.3, 0.4) is 0 Å². The van der Waals surface area contributed by atoms with Crippen LogP contribution in [0.5, 0.6) is 5.75 Å². The van der Waals surface area contributed by atoms with E-state index in [1.807, 2.05) is 0 Å². The number of nitrogens with one attached hydrogen (secondary N) is 1. The molecule has 3 nitrogen and oxygen atoms in total. The Kier molecular flexibility index (Phi) is 4.84. The van der Waals surface area contributed by atoms with Crippen molar-refractivity contribution in [3.63, 3.8) is 0 Å². The number of hydrogen-bond donors (Lipinski definition) is 3. The fraction of sp³-hybridized carbons (Fsp3) is 0.500. The molecule has 5 heteroatoms. The van der Waals surface area contributed by atoms with Crippen LogP contribution in [0.15, 0.2) is 12.1 Å². The minimum atomic E-state index is -2.73. The van der Waals surface area contributed by atoms with Gasteiger partial charge in [-0.05, 0) is 30.5 Å². The first kappa shape index (κ1) is 13.9. The maximum absolute atomic E-state index is 12.0. The Bertz CT molecular complexity index is 360. The van der Waals surface area contributed by atoms with Crippen molar-refractivity contribution >= 4 is 0 Å². The summed E-state index contributed by atoms with van der Waals surface area (Å²) in [7, 11) is 0. The molecule has 0 aliphatic rings. The minimum Gasteiger partial charge on any atom is -0.507 e. The number of benzene rings is 1. The van der Waals surface area contributed by atoms with Crippen LogP contribution in [0.4, 0.5) is 8.78 Å². The zero-order valence-corrected chi connectivity index (χ0v) is 9.87. The second kappa shape index (κ2) is 5.93. The van der Waals surface area contributed by atoms with Gasteiger partial charge in [-0.2, -0.15) is 0 Å². The molecule has 0 radical (unpaired) electrons. The molecule has 0 fully saturated rings. The van der Waals surface area contributed by atoms with Crippen molar-refractivity contribution < 1.29 is 19.0 Å². The molecule has 1 atom stereocenters. The second-order valence-corrected chi connectivity index (χ2v) is 4.11. The predicted octanol–water partition coefficient (Wildman–Crippen LogP) is 1.72. The summed E-state index contributed by atoms with van der Waals surface area (Å²) in [6.45, 7) is 3.78. The summed E-state index contributed by atoms with van der Waals surface area (Å²) in [5.41, 5.74) is 2.38. The van der Waals surface area contributed by atoms with Gasteiger partial charge in [0.1, 0.15) is 11.9 Å². The lowest BCUT2D eigenvalue weighted by Crippen LogP contribution is -2.31. The molecule has 1 unspecified atom stereocenters. The van der Waals surface area contributed by atoms with E-state index in [4.69, 9.17) is 5.11 Å². The van der Waals surface area contributed by atoms with Gasteiger partial charge in [0.25, 0.3) is 6.43 Å². The Morgan fingerprint density at radius 1 is 1.24 bits per heavy atom. The number of phenolic OH excluding ortho intramolecular Hbond substituents is 1. The fourth-order valence-electron chi connectivity index (χ4n) is 1.60.